The standard InChI is InChI=1S/C14H21N3O10S.Mg/c15-6(13(24)25)1-2-9(18)17-7(12(23)16-4-11(21)22)5-28-8(14(26)27)3-10(19)20;/h6-8H,1-5,15H2,(H,16,23)(H,17,18)(H,19,20)(H,21,22)(H,24,25)(H,26,27);/t6-,7-,8?;/m0./s1. The number of thioether (sulfide) groups is 1. The SMILES string of the molecule is N[C@@H](CCC(=O)N[C@@H](CSC(CC(=O)O)C(=O)O)C(=O)NCC(=O)O)C(=O)O.[Mg]. The molecule has 0 fully saturated rings. The summed E-state index contributed by atoms with van der Waals surface area (Å²) in [6.45, 7) is -0.753. The lowest BCUT2D eigenvalue weighted by atomic mass is 10.1. The molecule has 160 valence electrons. The zero-order valence-electron chi connectivity index (χ0n) is 15.2. The number of amides is 2. The van der Waals surface area contributed by atoms with E-state index in [4.69, 9.17) is 26.2 Å². The maximum absolute atomic E-state index is 12.0. The van der Waals surface area contributed by atoms with Crippen LogP contribution < -0.4 is 16.4 Å². The molecule has 0 heterocycles. The molecule has 1 unspecified atom stereocenters. The lowest BCUT2D eigenvalue weighted by molar-refractivity contribution is -0.142. The normalized spacial score (nSPS) is 13.1. The second-order valence-electron chi connectivity index (χ2n) is 5.47. The van der Waals surface area contributed by atoms with Crippen LogP contribution in [0.4, 0.5) is 0 Å². The molecule has 0 aliphatic heterocycles. The molecule has 2 amide bonds. The number of hydrogen-bond donors (Lipinski definition) is 7. The highest BCUT2D eigenvalue weighted by Gasteiger charge is 2.27. The van der Waals surface area contributed by atoms with Crippen LogP contribution in [0.1, 0.15) is 19.3 Å². The third kappa shape index (κ3) is 13.7. The molecule has 0 saturated carbocycles. The van der Waals surface area contributed by atoms with Crippen LogP contribution in [0.3, 0.4) is 0 Å². The Morgan fingerprint density at radius 3 is 1.97 bits per heavy atom. The molecule has 0 spiro atoms. The van der Waals surface area contributed by atoms with Gasteiger partial charge >= 0.3 is 23.9 Å². The average Bonchev–Trinajstić information content (AvgIpc) is 2.58. The number of hydrogen-bond acceptors (Lipinski definition) is 8. The van der Waals surface area contributed by atoms with Crippen LogP contribution in [0, 0.1) is 0 Å². The number of rotatable bonds is 14. The van der Waals surface area contributed by atoms with Gasteiger partial charge in [-0.3, -0.25) is 28.8 Å². The minimum Gasteiger partial charge on any atom is -0.481 e. The molecular formula is C14H21MgN3O10S. The molecule has 29 heavy (non-hydrogen) atoms. The first-order valence-electron chi connectivity index (χ1n) is 7.77. The monoisotopic (exact) mass is 447 g/mol. The third-order valence-electron chi connectivity index (χ3n) is 3.16. The van der Waals surface area contributed by atoms with Crippen molar-refractivity contribution in [3.63, 3.8) is 0 Å². The van der Waals surface area contributed by atoms with Gasteiger partial charge in [-0.25, -0.2) is 0 Å². The van der Waals surface area contributed by atoms with Gasteiger partial charge in [0.1, 0.15) is 23.9 Å². The summed E-state index contributed by atoms with van der Waals surface area (Å²) in [4.78, 5) is 66.9. The fourth-order valence-corrected chi connectivity index (χ4v) is 2.80. The van der Waals surface area contributed by atoms with E-state index < -0.39 is 66.0 Å². The van der Waals surface area contributed by atoms with E-state index in [2.05, 4.69) is 5.32 Å². The number of carbonyl (C=O) groups excluding carboxylic acids is 2. The number of aliphatic carboxylic acids is 4. The second kappa shape index (κ2) is 14.8. The minimum atomic E-state index is -1.43. The molecule has 3 atom stereocenters. The summed E-state index contributed by atoms with van der Waals surface area (Å²) in [6, 6.07) is -2.67. The van der Waals surface area contributed by atoms with Crippen molar-refractivity contribution in [2.75, 3.05) is 12.3 Å². The van der Waals surface area contributed by atoms with Crippen molar-refractivity contribution in [3.05, 3.63) is 0 Å². The molecule has 0 aromatic heterocycles. The lowest BCUT2D eigenvalue weighted by Gasteiger charge is -2.19. The topological polar surface area (TPSA) is 233 Å². The van der Waals surface area contributed by atoms with Crippen molar-refractivity contribution in [1.82, 2.24) is 10.6 Å². The summed E-state index contributed by atoms with van der Waals surface area (Å²) in [5.74, 6) is -7.53. The Labute approximate surface area is 184 Å². The van der Waals surface area contributed by atoms with Gasteiger partial charge < -0.3 is 36.8 Å². The van der Waals surface area contributed by atoms with Gasteiger partial charge in [-0.05, 0) is 6.42 Å². The highest BCUT2D eigenvalue weighted by Crippen LogP contribution is 2.17. The summed E-state index contributed by atoms with van der Waals surface area (Å²) in [7, 11) is 0. The Balaban J connectivity index is 0. The smallest absolute Gasteiger partial charge is 0.322 e. The van der Waals surface area contributed by atoms with E-state index in [0.29, 0.717) is 11.8 Å². The lowest BCUT2D eigenvalue weighted by Crippen LogP contribution is -2.50. The van der Waals surface area contributed by atoms with Gasteiger partial charge in [0.25, 0.3) is 0 Å². The average molecular weight is 448 g/mol. The van der Waals surface area contributed by atoms with Gasteiger partial charge in [0.2, 0.25) is 11.8 Å². The molecule has 0 aliphatic rings. The maximum Gasteiger partial charge on any atom is 0.322 e. The fraction of sp³-hybridized carbons (Fsp3) is 0.571. The highest BCUT2D eigenvalue weighted by molar-refractivity contribution is 8.00. The van der Waals surface area contributed by atoms with E-state index in [1.54, 1.807) is 0 Å². The summed E-state index contributed by atoms with van der Waals surface area (Å²) in [5, 5.41) is 37.8. The molecule has 0 saturated heterocycles. The molecule has 13 nitrogen and oxygen atoms in total. The van der Waals surface area contributed by atoms with Crippen LogP contribution >= 0.6 is 11.8 Å². The molecular weight excluding hydrogens is 427 g/mol. The van der Waals surface area contributed by atoms with Crippen molar-refractivity contribution in [2.24, 2.45) is 5.73 Å². The molecule has 0 aromatic carbocycles. The molecule has 0 rings (SSSR count). The van der Waals surface area contributed by atoms with Gasteiger partial charge in [0.05, 0.1) is 6.42 Å². The van der Waals surface area contributed by atoms with Gasteiger partial charge in [-0.2, -0.15) is 0 Å². The quantitative estimate of drug-likeness (QED) is 0.133. The third-order valence-corrected chi connectivity index (χ3v) is 4.46. The first-order valence-corrected chi connectivity index (χ1v) is 8.82. The minimum absolute atomic E-state index is 0. The number of nitrogens with one attached hydrogen (secondary N) is 2. The Morgan fingerprint density at radius 1 is 0.931 bits per heavy atom. The van der Waals surface area contributed by atoms with Gasteiger partial charge in [0.15, 0.2) is 0 Å². The number of carboxylic acids is 4. The molecule has 0 bridgehead atoms. The number of carboxylic acid groups (broad SMARTS) is 4. The molecule has 2 radical (unpaired) electrons. The summed E-state index contributed by atoms with van der Waals surface area (Å²) < 4.78 is 0. The number of nitrogens with two attached hydrogens (primary N) is 1. The van der Waals surface area contributed by atoms with Crippen LogP contribution in [0.25, 0.3) is 0 Å². The molecule has 0 aliphatic carbocycles. The Bertz CT molecular complexity index is 633. The van der Waals surface area contributed by atoms with E-state index in [9.17, 15) is 28.8 Å². The molecule has 15 heteroatoms. The van der Waals surface area contributed by atoms with Crippen molar-refractivity contribution < 1.29 is 49.2 Å². The zero-order valence-corrected chi connectivity index (χ0v) is 17.4. The van der Waals surface area contributed by atoms with Crippen molar-refractivity contribution in [1.29, 1.82) is 0 Å². The van der Waals surface area contributed by atoms with E-state index in [-0.39, 0.29) is 41.6 Å². The Morgan fingerprint density at radius 2 is 1.52 bits per heavy atom. The fourth-order valence-electron chi connectivity index (χ4n) is 1.73. The molecule has 8 N–H and O–H groups in total. The van der Waals surface area contributed by atoms with E-state index in [0.717, 1.165) is 0 Å². The summed E-state index contributed by atoms with van der Waals surface area (Å²) >= 11 is 0.578. The van der Waals surface area contributed by atoms with Crippen LogP contribution in [0.5, 0.6) is 0 Å². The summed E-state index contributed by atoms with van der Waals surface area (Å²) in [6.07, 6.45) is -1.31. The second-order valence-corrected chi connectivity index (χ2v) is 6.71. The van der Waals surface area contributed by atoms with E-state index >= 15 is 0 Å². The molecule has 0 aromatic rings. The highest BCUT2D eigenvalue weighted by atomic mass is 32.2. The first-order chi connectivity index (χ1) is 12.9. The van der Waals surface area contributed by atoms with Crippen LogP contribution in [-0.4, -0.2) is 109 Å². The zero-order chi connectivity index (χ0) is 21.9. The van der Waals surface area contributed by atoms with Gasteiger partial charge in [-0.15, -0.1) is 11.8 Å². The Hall–Kier alpha value is -2.10. The van der Waals surface area contributed by atoms with Crippen molar-refractivity contribution in [2.45, 2.75) is 36.6 Å². The van der Waals surface area contributed by atoms with E-state index in [1.165, 1.54) is 0 Å². The predicted molar refractivity (Wildman–Crippen MR) is 99.3 cm³/mol. The first kappa shape index (κ1) is 29.1. The number of carbonyl (C=O) groups is 6. The Kier molecular flexibility index (Phi) is 14.9. The maximum atomic E-state index is 12.0. The van der Waals surface area contributed by atoms with Gasteiger partial charge in [-0.1, -0.05) is 0 Å². The van der Waals surface area contributed by atoms with Gasteiger partial charge in [0, 0.05) is 35.2 Å². The largest absolute Gasteiger partial charge is 0.481 e. The predicted octanol–water partition coefficient (Wildman–Crippen LogP) is -2.86. The van der Waals surface area contributed by atoms with Crippen molar-refractivity contribution >= 4 is 70.5 Å². The summed E-state index contributed by atoms with van der Waals surface area (Å²) in [5.41, 5.74) is 5.27. The van der Waals surface area contributed by atoms with Crippen LogP contribution in [0.2, 0.25) is 0 Å². The van der Waals surface area contributed by atoms with E-state index in [1.807, 2.05) is 5.32 Å². The van der Waals surface area contributed by atoms with Crippen LogP contribution in [0.15, 0.2) is 0 Å². The van der Waals surface area contributed by atoms with Crippen molar-refractivity contribution in [3.8, 4) is 0 Å². The van der Waals surface area contributed by atoms with Crippen LogP contribution in [-0.2, 0) is 28.8 Å².